The van der Waals surface area contributed by atoms with E-state index in [1.54, 1.807) is 6.07 Å². The normalized spacial score (nSPS) is 14.1. The zero-order valence-corrected chi connectivity index (χ0v) is 16.8. The van der Waals surface area contributed by atoms with Crippen molar-refractivity contribution in [1.82, 2.24) is 15.2 Å². The third kappa shape index (κ3) is 5.72. The van der Waals surface area contributed by atoms with E-state index < -0.39 is 0 Å². The van der Waals surface area contributed by atoms with E-state index in [9.17, 15) is 14.4 Å². The number of nitrogens with one attached hydrogen (secondary N) is 2. The van der Waals surface area contributed by atoms with Crippen LogP contribution in [-0.2, 0) is 9.59 Å². The highest BCUT2D eigenvalue weighted by atomic mass is 32.1. The average molecular weight is 404 g/mol. The Morgan fingerprint density at radius 1 is 1.11 bits per heavy atom. The van der Waals surface area contributed by atoms with E-state index in [4.69, 9.17) is 0 Å². The quantitative estimate of drug-likeness (QED) is 0.623. The van der Waals surface area contributed by atoms with Gasteiger partial charge in [-0.05, 0) is 38.3 Å². The highest BCUT2D eigenvalue weighted by Gasteiger charge is 2.17. The van der Waals surface area contributed by atoms with Gasteiger partial charge in [0.25, 0.3) is 0 Å². The number of hydrogen-bond acceptors (Lipinski definition) is 7. The summed E-state index contributed by atoms with van der Waals surface area (Å²) in [5.74, 6) is 0.468. The Balaban J connectivity index is 1.37. The van der Waals surface area contributed by atoms with E-state index in [-0.39, 0.29) is 43.2 Å². The number of carbonyl (C=O) groups excluding carboxylic acids is 3. The molecule has 0 bridgehead atoms. The van der Waals surface area contributed by atoms with Crippen LogP contribution in [0, 0.1) is 6.92 Å². The minimum absolute atomic E-state index is 0.0252. The largest absolute Gasteiger partial charge is 0.340 e. The van der Waals surface area contributed by atoms with Gasteiger partial charge in [-0.1, -0.05) is 0 Å². The summed E-state index contributed by atoms with van der Waals surface area (Å²) in [5, 5.41) is 9.50. The third-order valence-corrected chi connectivity index (χ3v) is 5.69. The number of aryl methyl sites for hydroxylation is 1. The topological polar surface area (TPSA) is 108 Å². The summed E-state index contributed by atoms with van der Waals surface area (Å²) in [6.07, 6.45) is 3.96. The minimum atomic E-state index is -0.296. The molecular formula is C19H25N5O3S. The van der Waals surface area contributed by atoms with Crippen LogP contribution in [0.25, 0.3) is 0 Å². The monoisotopic (exact) mass is 403 g/mol. The number of rotatable bonds is 9. The van der Waals surface area contributed by atoms with Crippen LogP contribution in [-0.4, -0.2) is 45.7 Å². The van der Waals surface area contributed by atoms with Crippen molar-refractivity contribution >= 4 is 40.7 Å². The molecule has 2 aromatic heterocycles. The molecule has 28 heavy (non-hydrogen) atoms. The highest BCUT2D eigenvalue weighted by molar-refractivity contribution is 7.14. The lowest BCUT2D eigenvalue weighted by atomic mass is 10.1. The van der Waals surface area contributed by atoms with Crippen LogP contribution in [0.3, 0.4) is 0 Å². The van der Waals surface area contributed by atoms with Crippen molar-refractivity contribution in [3.63, 3.8) is 0 Å². The number of aromatic nitrogens is 3. The molecule has 0 spiro atoms. The maximum absolute atomic E-state index is 12.0. The second-order valence-corrected chi connectivity index (χ2v) is 8.24. The van der Waals surface area contributed by atoms with Crippen molar-refractivity contribution in [1.29, 1.82) is 0 Å². The molecule has 0 saturated carbocycles. The predicted octanol–water partition coefficient (Wildman–Crippen LogP) is 3.12. The van der Waals surface area contributed by atoms with Crippen LogP contribution in [0.2, 0.25) is 0 Å². The summed E-state index contributed by atoms with van der Waals surface area (Å²) in [4.78, 5) is 44.2. The molecule has 9 heteroatoms. The SMILES string of the molecule is Cc1ccc(C(=O)CCC(=O)CCC(=O)Nc2nc(N3CCCCC3)n[nH]2)s1. The molecule has 0 aliphatic carbocycles. The number of Topliss-reactive ketones (excluding diaryl/α,β-unsaturated/α-hetero) is 2. The zero-order valence-electron chi connectivity index (χ0n) is 16.0. The van der Waals surface area contributed by atoms with Crippen molar-refractivity contribution in [3.8, 4) is 0 Å². The van der Waals surface area contributed by atoms with Crippen LogP contribution < -0.4 is 10.2 Å². The van der Waals surface area contributed by atoms with Gasteiger partial charge in [-0.15, -0.1) is 16.4 Å². The summed E-state index contributed by atoms with van der Waals surface area (Å²) >= 11 is 1.43. The fraction of sp³-hybridized carbons (Fsp3) is 0.526. The van der Waals surface area contributed by atoms with Crippen LogP contribution in [0.4, 0.5) is 11.9 Å². The van der Waals surface area contributed by atoms with Gasteiger partial charge in [0.05, 0.1) is 4.88 Å². The lowest BCUT2D eigenvalue weighted by molar-refractivity contribution is -0.122. The fourth-order valence-corrected chi connectivity index (χ4v) is 3.91. The molecule has 1 fully saturated rings. The Bertz CT molecular complexity index is 838. The molecule has 2 aromatic rings. The van der Waals surface area contributed by atoms with Crippen molar-refractivity contribution in [2.45, 2.75) is 51.9 Å². The average Bonchev–Trinajstić information content (AvgIpc) is 3.34. The summed E-state index contributed by atoms with van der Waals surface area (Å²) in [5.41, 5.74) is 0. The number of carbonyl (C=O) groups is 3. The van der Waals surface area contributed by atoms with E-state index in [0.717, 1.165) is 30.8 Å². The van der Waals surface area contributed by atoms with Gasteiger partial charge in [0.2, 0.25) is 17.8 Å². The van der Waals surface area contributed by atoms with Crippen LogP contribution in [0.15, 0.2) is 12.1 Å². The molecule has 2 N–H and O–H groups in total. The van der Waals surface area contributed by atoms with Gasteiger partial charge in [0.1, 0.15) is 5.78 Å². The molecule has 1 saturated heterocycles. The van der Waals surface area contributed by atoms with Crippen LogP contribution >= 0.6 is 11.3 Å². The summed E-state index contributed by atoms with van der Waals surface area (Å²) in [6.45, 7) is 3.78. The molecule has 0 radical (unpaired) electrons. The van der Waals surface area contributed by atoms with Gasteiger partial charge in [0, 0.05) is 43.6 Å². The molecule has 150 valence electrons. The van der Waals surface area contributed by atoms with Crippen LogP contribution in [0.5, 0.6) is 0 Å². The van der Waals surface area contributed by atoms with Gasteiger partial charge in [-0.25, -0.2) is 5.10 Å². The fourth-order valence-electron chi connectivity index (χ4n) is 3.08. The van der Waals surface area contributed by atoms with E-state index in [0.29, 0.717) is 16.8 Å². The number of hydrogen-bond donors (Lipinski definition) is 2. The summed E-state index contributed by atoms with van der Waals surface area (Å²) in [6, 6.07) is 3.68. The molecule has 1 aliphatic rings. The summed E-state index contributed by atoms with van der Waals surface area (Å²) < 4.78 is 0. The van der Waals surface area contributed by atoms with Crippen molar-refractivity contribution in [2.24, 2.45) is 0 Å². The first-order valence-electron chi connectivity index (χ1n) is 9.60. The number of thiophene rings is 1. The molecular weight excluding hydrogens is 378 g/mol. The number of H-pyrrole nitrogens is 1. The molecule has 3 rings (SSSR count). The highest BCUT2D eigenvalue weighted by Crippen LogP contribution is 2.18. The molecule has 0 aromatic carbocycles. The maximum atomic E-state index is 12.0. The number of nitrogens with zero attached hydrogens (tertiary/aromatic N) is 3. The third-order valence-electron chi connectivity index (χ3n) is 4.65. The molecule has 3 heterocycles. The summed E-state index contributed by atoms with van der Waals surface area (Å²) in [7, 11) is 0. The number of anilines is 2. The van der Waals surface area contributed by atoms with E-state index in [2.05, 4.69) is 25.4 Å². The van der Waals surface area contributed by atoms with E-state index in [1.165, 1.54) is 17.8 Å². The standard InChI is InChI=1S/C19H25N5O3S/c1-13-5-9-16(28-13)15(26)8-6-14(25)7-10-17(27)20-18-21-19(23-22-18)24-11-3-2-4-12-24/h5,9H,2-4,6-8,10-12H2,1H3,(H2,20,21,22,23,27). The second-order valence-electron chi connectivity index (χ2n) is 6.95. The van der Waals surface area contributed by atoms with Gasteiger partial charge >= 0.3 is 0 Å². The van der Waals surface area contributed by atoms with Crippen LogP contribution in [0.1, 0.15) is 59.5 Å². The Morgan fingerprint density at radius 3 is 2.57 bits per heavy atom. The molecule has 0 unspecified atom stereocenters. The maximum Gasteiger partial charge on any atom is 0.246 e. The first-order valence-corrected chi connectivity index (χ1v) is 10.4. The van der Waals surface area contributed by atoms with Crippen molar-refractivity contribution < 1.29 is 14.4 Å². The van der Waals surface area contributed by atoms with Gasteiger partial charge in [-0.2, -0.15) is 4.98 Å². The number of amides is 1. The Hall–Kier alpha value is -2.55. The zero-order chi connectivity index (χ0) is 19.9. The second kappa shape index (κ2) is 9.59. The Kier molecular flexibility index (Phi) is 6.91. The first-order chi connectivity index (χ1) is 13.5. The van der Waals surface area contributed by atoms with E-state index in [1.807, 2.05) is 13.0 Å². The minimum Gasteiger partial charge on any atom is -0.340 e. The van der Waals surface area contributed by atoms with Gasteiger partial charge in [-0.3, -0.25) is 19.7 Å². The number of ketones is 2. The molecule has 0 atom stereocenters. The Morgan fingerprint density at radius 2 is 1.86 bits per heavy atom. The van der Waals surface area contributed by atoms with Gasteiger partial charge < -0.3 is 4.90 Å². The molecule has 1 amide bonds. The van der Waals surface area contributed by atoms with Crippen molar-refractivity contribution in [2.75, 3.05) is 23.3 Å². The van der Waals surface area contributed by atoms with E-state index >= 15 is 0 Å². The lowest BCUT2D eigenvalue weighted by Crippen LogP contribution is -2.30. The molecule has 8 nitrogen and oxygen atoms in total. The van der Waals surface area contributed by atoms with Crippen molar-refractivity contribution in [3.05, 3.63) is 21.9 Å². The van der Waals surface area contributed by atoms with Gasteiger partial charge in [0.15, 0.2) is 5.78 Å². The predicted molar refractivity (Wildman–Crippen MR) is 108 cm³/mol. The molecule has 1 aliphatic heterocycles. The smallest absolute Gasteiger partial charge is 0.246 e. The number of piperidine rings is 1. The number of aromatic amines is 1. The first kappa shape index (κ1) is 20.2. The lowest BCUT2D eigenvalue weighted by Gasteiger charge is -2.24. The Labute approximate surface area is 167 Å².